The van der Waals surface area contributed by atoms with Crippen molar-refractivity contribution in [2.75, 3.05) is 4.31 Å². The van der Waals surface area contributed by atoms with Gasteiger partial charge < -0.3 is 4.84 Å². The first-order valence-electron chi connectivity index (χ1n) is 13.3. The highest BCUT2D eigenvalue weighted by Gasteiger charge is 2.35. The Labute approximate surface area is 246 Å². The average molecular weight is 594 g/mol. The quantitative estimate of drug-likeness (QED) is 0.200. The first kappa shape index (κ1) is 27.7. The SMILES string of the molecule is Cc1ccc(S(=O)(=O)N(C(=O)c2c3ccccc3nc3ccccc23)c2ccc(C(=O)ON3C(=O)CCC3=O)cc2)cc1. The van der Waals surface area contributed by atoms with Crippen molar-refractivity contribution in [1.29, 1.82) is 0 Å². The predicted octanol–water partition coefficient (Wildman–Crippen LogP) is 4.95. The Hall–Kier alpha value is -5.42. The zero-order chi connectivity index (χ0) is 30.3. The van der Waals surface area contributed by atoms with Gasteiger partial charge in [-0.3, -0.25) is 14.4 Å². The number of carbonyl (C=O) groups excluding carboxylic acids is 4. The summed E-state index contributed by atoms with van der Waals surface area (Å²) in [5.41, 5.74) is 1.91. The standard InChI is InChI=1S/C32H23N3O7S/c1-20-10-16-23(17-11-20)43(40,41)35(22-14-12-21(13-15-22)32(39)42-34-28(36)18-19-29(34)37)31(38)30-24-6-2-4-8-26(24)33-27-9-5-3-7-25(27)30/h2-17H,18-19H2,1H3. The number of hydrogen-bond acceptors (Lipinski definition) is 8. The Balaban J connectivity index is 1.48. The summed E-state index contributed by atoms with van der Waals surface area (Å²) in [5, 5.41) is 1.36. The molecule has 1 aliphatic heterocycles. The predicted molar refractivity (Wildman–Crippen MR) is 157 cm³/mol. The van der Waals surface area contributed by atoms with E-state index < -0.39 is 33.7 Å². The van der Waals surface area contributed by atoms with Crippen LogP contribution >= 0.6 is 0 Å². The van der Waals surface area contributed by atoms with E-state index in [1.54, 1.807) is 60.7 Å². The lowest BCUT2D eigenvalue weighted by Gasteiger charge is -2.24. The molecule has 5 aromatic rings. The summed E-state index contributed by atoms with van der Waals surface area (Å²) >= 11 is 0. The average Bonchev–Trinajstić information content (AvgIpc) is 3.32. The fourth-order valence-corrected chi connectivity index (χ4v) is 6.28. The van der Waals surface area contributed by atoms with Gasteiger partial charge in [0.2, 0.25) is 0 Å². The molecule has 1 aliphatic rings. The smallest absolute Gasteiger partial charge is 0.325 e. The van der Waals surface area contributed by atoms with Gasteiger partial charge in [-0.05, 0) is 55.5 Å². The van der Waals surface area contributed by atoms with Gasteiger partial charge in [0.25, 0.3) is 27.7 Å². The highest BCUT2D eigenvalue weighted by Crippen LogP contribution is 2.32. The van der Waals surface area contributed by atoms with E-state index in [2.05, 4.69) is 4.98 Å². The summed E-state index contributed by atoms with van der Waals surface area (Å²) < 4.78 is 29.0. The van der Waals surface area contributed by atoms with Crippen LogP contribution in [0.15, 0.2) is 102 Å². The molecule has 0 saturated carbocycles. The Kier molecular flexibility index (Phi) is 6.95. The monoisotopic (exact) mass is 593 g/mol. The minimum Gasteiger partial charge on any atom is -0.325 e. The van der Waals surface area contributed by atoms with E-state index in [1.807, 2.05) is 6.92 Å². The number of imide groups is 1. The first-order chi connectivity index (χ1) is 20.6. The van der Waals surface area contributed by atoms with E-state index >= 15 is 0 Å². The van der Waals surface area contributed by atoms with E-state index in [1.165, 1.54) is 36.4 Å². The maximum absolute atomic E-state index is 14.5. The molecule has 1 aromatic heterocycles. The van der Waals surface area contributed by atoms with E-state index in [-0.39, 0.29) is 34.6 Å². The van der Waals surface area contributed by atoms with Crippen molar-refractivity contribution >= 4 is 61.2 Å². The number of nitrogens with zero attached hydrogens (tertiary/aromatic N) is 3. The van der Waals surface area contributed by atoms with Gasteiger partial charge in [0, 0.05) is 23.6 Å². The lowest BCUT2D eigenvalue weighted by Crippen LogP contribution is -2.37. The van der Waals surface area contributed by atoms with E-state index in [0.29, 0.717) is 31.2 Å². The molecular weight excluding hydrogens is 570 g/mol. The second-order valence-corrected chi connectivity index (χ2v) is 11.7. The number of pyridine rings is 1. The molecule has 1 saturated heterocycles. The van der Waals surface area contributed by atoms with Crippen LogP contribution in [0.2, 0.25) is 0 Å². The van der Waals surface area contributed by atoms with Crippen LogP contribution in [0.5, 0.6) is 0 Å². The van der Waals surface area contributed by atoms with Gasteiger partial charge in [0.1, 0.15) is 0 Å². The third-order valence-corrected chi connectivity index (χ3v) is 8.79. The molecule has 6 rings (SSSR count). The van der Waals surface area contributed by atoms with E-state index in [4.69, 9.17) is 4.84 Å². The van der Waals surface area contributed by atoms with Crippen LogP contribution in [0.4, 0.5) is 5.69 Å². The molecule has 0 N–H and O–H groups in total. The second kappa shape index (κ2) is 10.8. The summed E-state index contributed by atoms with van der Waals surface area (Å²) in [7, 11) is -4.47. The van der Waals surface area contributed by atoms with Crippen molar-refractivity contribution < 1.29 is 32.4 Å². The van der Waals surface area contributed by atoms with Crippen molar-refractivity contribution in [3.05, 3.63) is 114 Å². The third kappa shape index (κ3) is 4.99. The number of aromatic nitrogens is 1. The number of aryl methyl sites for hydroxylation is 1. The van der Waals surface area contributed by atoms with Crippen LogP contribution in [-0.2, 0) is 24.4 Å². The number of benzene rings is 4. The summed E-state index contributed by atoms with van der Waals surface area (Å²) in [6.07, 6.45) is -0.116. The molecule has 1 fully saturated rings. The molecule has 0 unspecified atom stereocenters. The second-order valence-electron chi connectivity index (χ2n) is 9.92. The van der Waals surface area contributed by atoms with Crippen molar-refractivity contribution in [2.45, 2.75) is 24.7 Å². The number of amides is 3. The van der Waals surface area contributed by atoms with Crippen molar-refractivity contribution in [1.82, 2.24) is 10.0 Å². The molecule has 43 heavy (non-hydrogen) atoms. The normalized spacial score (nSPS) is 13.5. The topological polar surface area (TPSA) is 131 Å². The van der Waals surface area contributed by atoms with Gasteiger partial charge in [-0.1, -0.05) is 54.1 Å². The van der Waals surface area contributed by atoms with Crippen LogP contribution in [-0.4, -0.2) is 42.2 Å². The fraction of sp³-hybridized carbons (Fsp3) is 0.0938. The number of hydrogen-bond donors (Lipinski definition) is 0. The molecule has 4 aromatic carbocycles. The summed E-state index contributed by atoms with van der Waals surface area (Å²) in [6.45, 7) is 1.82. The van der Waals surface area contributed by atoms with Crippen molar-refractivity contribution in [2.24, 2.45) is 0 Å². The maximum Gasteiger partial charge on any atom is 0.363 e. The fourth-order valence-electron chi connectivity index (χ4n) is 4.88. The minimum atomic E-state index is -4.47. The van der Waals surface area contributed by atoms with Gasteiger partial charge in [0.15, 0.2) is 0 Å². The third-order valence-electron chi connectivity index (χ3n) is 7.06. The number of rotatable bonds is 6. The Morgan fingerprint density at radius 3 is 1.86 bits per heavy atom. The molecule has 11 heteroatoms. The highest BCUT2D eigenvalue weighted by molar-refractivity contribution is 7.93. The van der Waals surface area contributed by atoms with Gasteiger partial charge >= 0.3 is 5.97 Å². The number of fused-ring (bicyclic) bond motifs is 2. The molecule has 0 radical (unpaired) electrons. The van der Waals surface area contributed by atoms with E-state index in [0.717, 1.165) is 5.56 Å². The van der Waals surface area contributed by atoms with Crippen LogP contribution in [0.25, 0.3) is 21.8 Å². The van der Waals surface area contributed by atoms with Crippen LogP contribution in [0, 0.1) is 6.92 Å². The van der Waals surface area contributed by atoms with Crippen LogP contribution in [0.3, 0.4) is 0 Å². The molecule has 3 amide bonds. The molecular formula is C32H23N3O7S. The maximum atomic E-state index is 14.5. The van der Waals surface area contributed by atoms with Crippen molar-refractivity contribution in [3.63, 3.8) is 0 Å². The Morgan fingerprint density at radius 2 is 1.30 bits per heavy atom. The van der Waals surface area contributed by atoms with Gasteiger partial charge in [-0.15, -0.1) is 5.06 Å². The Morgan fingerprint density at radius 1 is 0.767 bits per heavy atom. The van der Waals surface area contributed by atoms with Gasteiger partial charge in [0.05, 0.1) is 32.7 Å². The molecule has 0 aliphatic carbocycles. The van der Waals surface area contributed by atoms with Gasteiger partial charge in [-0.25, -0.2) is 18.2 Å². The molecule has 10 nitrogen and oxygen atoms in total. The number of carbonyl (C=O) groups is 4. The van der Waals surface area contributed by atoms with Crippen LogP contribution in [0.1, 0.15) is 39.1 Å². The lowest BCUT2D eigenvalue weighted by atomic mass is 10.0. The molecule has 0 bridgehead atoms. The minimum absolute atomic E-state index is 0.0413. The molecule has 0 spiro atoms. The summed E-state index contributed by atoms with van der Waals surface area (Å²) in [6, 6.07) is 25.1. The summed E-state index contributed by atoms with van der Waals surface area (Å²) in [5.74, 6) is -3.07. The molecule has 214 valence electrons. The summed E-state index contributed by atoms with van der Waals surface area (Å²) in [4.78, 5) is 60.5. The van der Waals surface area contributed by atoms with Crippen molar-refractivity contribution in [3.8, 4) is 0 Å². The number of para-hydroxylation sites is 2. The molecule has 2 heterocycles. The van der Waals surface area contributed by atoms with E-state index in [9.17, 15) is 27.6 Å². The van der Waals surface area contributed by atoms with Gasteiger partial charge in [-0.2, -0.15) is 4.31 Å². The molecule has 0 atom stereocenters. The first-order valence-corrected chi connectivity index (χ1v) is 14.7. The zero-order valence-corrected chi connectivity index (χ0v) is 23.6. The number of sulfonamides is 1. The van der Waals surface area contributed by atoms with Crippen LogP contribution < -0.4 is 4.31 Å². The zero-order valence-electron chi connectivity index (χ0n) is 22.8. The lowest BCUT2D eigenvalue weighted by molar-refractivity contribution is -0.172. The largest absolute Gasteiger partial charge is 0.363 e. The number of anilines is 1. The number of hydroxylamine groups is 2. The highest BCUT2D eigenvalue weighted by atomic mass is 32.2. The Bertz CT molecular complexity index is 1990.